The zero-order chi connectivity index (χ0) is 10.7. The van der Waals surface area contributed by atoms with Gasteiger partial charge in [-0.15, -0.1) is 5.10 Å². The molecule has 15 heavy (non-hydrogen) atoms. The van der Waals surface area contributed by atoms with Crippen LogP contribution >= 0.6 is 27.5 Å². The molecule has 0 saturated carbocycles. The number of hydrogen-bond acceptors (Lipinski definition) is 5. The number of nitrogens with zero attached hydrogens (tertiary/aromatic N) is 2. The van der Waals surface area contributed by atoms with Crippen LogP contribution in [0.2, 0.25) is 0 Å². The van der Waals surface area contributed by atoms with E-state index in [9.17, 15) is 5.11 Å². The van der Waals surface area contributed by atoms with Crippen molar-refractivity contribution in [1.29, 1.82) is 0 Å². The third-order valence-electron chi connectivity index (χ3n) is 1.88. The van der Waals surface area contributed by atoms with Gasteiger partial charge in [0.05, 0.1) is 10.7 Å². The van der Waals surface area contributed by atoms with Gasteiger partial charge in [-0.1, -0.05) is 16.6 Å². The number of phenols is 1. The molecular weight excluding hydrogens is 278 g/mol. The summed E-state index contributed by atoms with van der Waals surface area (Å²) in [5.41, 5.74) is 0.831. The van der Waals surface area contributed by atoms with Crippen LogP contribution in [0.4, 0.5) is 5.00 Å². The van der Waals surface area contributed by atoms with Gasteiger partial charge in [-0.3, -0.25) is 0 Å². The summed E-state index contributed by atoms with van der Waals surface area (Å²) in [5.74, 6) is 0.266. The molecular formula is C9H8BrN3OS. The zero-order valence-corrected chi connectivity index (χ0v) is 10.0. The lowest BCUT2D eigenvalue weighted by molar-refractivity contribution is 0.465. The molecule has 2 aromatic rings. The van der Waals surface area contributed by atoms with Crippen LogP contribution in [-0.2, 0) is 6.54 Å². The minimum absolute atomic E-state index is 0.266. The molecule has 2 rings (SSSR count). The van der Waals surface area contributed by atoms with Crippen LogP contribution in [0.3, 0.4) is 0 Å². The lowest BCUT2D eigenvalue weighted by atomic mass is 10.2. The van der Waals surface area contributed by atoms with Crippen molar-refractivity contribution in [2.75, 3.05) is 5.32 Å². The number of phenolic OH excluding ortho intramolecular Hbond substituents is 1. The first kappa shape index (κ1) is 10.4. The summed E-state index contributed by atoms with van der Waals surface area (Å²) >= 11 is 4.55. The fourth-order valence-corrected chi connectivity index (χ4v) is 1.95. The van der Waals surface area contributed by atoms with E-state index in [1.165, 1.54) is 11.5 Å². The normalized spacial score (nSPS) is 10.2. The van der Waals surface area contributed by atoms with Crippen molar-refractivity contribution in [2.24, 2.45) is 0 Å². The van der Waals surface area contributed by atoms with Crippen molar-refractivity contribution >= 4 is 32.5 Å². The lowest BCUT2D eigenvalue weighted by Gasteiger charge is -2.06. The maximum absolute atomic E-state index is 9.71. The van der Waals surface area contributed by atoms with Crippen LogP contribution in [0.1, 0.15) is 5.56 Å². The SMILES string of the molecule is Oc1c(Br)cccc1CNc1cnns1. The van der Waals surface area contributed by atoms with Crippen molar-refractivity contribution < 1.29 is 5.11 Å². The van der Waals surface area contributed by atoms with Gasteiger partial charge in [0.2, 0.25) is 0 Å². The molecule has 0 fully saturated rings. The summed E-state index contributed by atoms with van der Waals surface area (Å²) in [6, 6.07) is 5.54. The Labute approximate surface area is 99.3 Å². The van der Waals surface area contributed by atoms with Gasteiger partial charge < -0.3 is 10.4 Å². The molecule has 0 aliphatic carbocycles. The van der Waals surface area contributed by atoms with Gasteiger partial charge in [-0.25, -0.2) is 0 Å². The number of aromatic nitrogens is 2. The highest BCUT2D eigenvalue weighted by Crippen LogP contribution is 2.28. The van der Waals surface area contributed by atoms with Gasteiger partial charge in [-0.05, 0) is 22.0 Å². The summed E-state index contributed by atoms with van der Waals surface area (Å²) < 4.78 is 4.43. The van der Waals surface area contributed by atoms with Crippen molar-refractivity contribution in [2.45, 2.75) is 6.54 Å². The molecule has 0 radical (unpaired) electrons. The Bertz CT molecular complexity index is 447. The Morgan fingerprint density at radius 2 is 2.33 bits per heavy atom. The van der Waals surface area contributed by atoms with Crippen LogP contribution in [-0.4, -0.2) is 14.7 Å². The van der Waals surface area contributed by atoms with Crippen LogP contribution in [0.25, 0.3) is 0 Å². The predicted octanol–water partition coefficient (Wildman–Crippen LogP) is 2.62. The minimum atomic E-state index is 0.266. The van der Waals surface area contributed by atoms with Crippen LogP contribution in [0.5, 0.6) is 5.75 Å². The van der Waals surface area contributed by atoms with E-state index in [1.807, 2.05) is 12.1 Å². The predicted molar refractivity (Wildman–Crippen MR) is 63.0 cm³/mol. The van der Waals surface area contributed by atoms with Gasteiger partial charge in [-0.2, -0.15) is 0 Å². The van der Waals surface area contributed by atoms with E-state index in [2.05, 4.69) is 30.8 Å². The summed E-state index contributed by atoms with van der Waals surface area (Å²) in [5, 5.41) is 17.4. The monoisotopic (exact) mass is 285 g/mol. The number of para-hydroxylation sites is 1. The molecule has 78 valence electrons. The maximum atomic E-state index is 9.71. The fourth-order valence-electron chi connectivity index (χ4n) is 1.13. The molecule has 1 heterocycles. The Balaban J connectivity index is 2.08. The molecule has 0 amide bonds. The average molecular weight is 286 g/mol. The zero-order valence-electron chi connectivity index (χ0n) is 7.64. The minimum Gasteiger partial charge on any atom is -0.506 e. The van der Waals surface area contributed by atoms with E-state index in [4.69, 9.17) is 0 Å². The van der Waals surface area contributed by atoms with E-state index in [0.717, 1.165) is 10.6 Å². The third-order valence-corrected chi connectivity index (χ3v) is 3.15. The highest BCUT2D eigenvalue weighted by molar-refractivity contribution is 9.10. The highest BCUT2D eigenvalue weighted by atomic mass is 79.9. The Hall–Kier alpha value is -1.14. The first-order chi connectivity index (χ1) is 7.27. The Kier molecular flexibility index (Phi) is 3.17. The van der Waals surface area contributed by atoms with Crippen molar-refractivity contribution in [1.82, 2.24) is 9.59 Å². The van der Waals surface area contributed by atoms with Gasteiger partial charge in [0.1, 0.15) is 10.8 Å². The van der Waals surface area contributed by atoms with Crippen molar-refractivity contribution in [3.63, 3.8) is 0 Å². The van der Waals surface area contributed by atoms with Gasteiger partial charge in [0, 0.05) is 23.6 Å². The van der Waals surface area contributed by atoms with Crippen molar-refractivity contribution in [3.05, 3.63) is 34.4 Å². The van der Waals surface area contributed by atoms with Gasteiger partial charge >= 0.3 is 0 Å². The molecule has 0 spiro atoms. The second-order valence-electron chi connectivity index (χ2n) is 2.88. The maximum Gasteiger partial charge on any atom is 0.134 e. The van der Waals surface area contributed by atoms with E-state index in [-0.39, 0.29) is 5.75 Å². The van der Waals surface area contributed by atoms with Crippen LogP contribution in [0.15, 0.2) is 28.9 Å². The van der Waals surface area contributed by atoms with Gasteiger partial charge in [0.15, 0.2) is 0 Å². The molecule has 1 aromatic carbocycles. The largest absolute Gasteiger partial charge is 0.506 e. The lowest BCUT2D eigenvalue weighted by Crippen LogP contribution is -1.97. The summed E-state index contributed by atoms with van der Waals surface area (Å²) in [7, 11) is 0. The second-order valence-corrected chi connectivity index (χ2v) is 4.52. The molecule has 1 aromatic heterocycles. The molecule has 4 nitrogen and oxygen atoms in total. The Morgan fingerprint density at radius 1 is 1.47 bits per heavy atom. The molecule has 0 saturated heterocycles. The molecule has 6 heteroatoms. The number of halogens is 1. The smallest absolute Gasteiger partial charge is 0.134 e. The summed E-state index contributed by atoms with van der Waals surface area (Å²) in [6.45, 7) is 0.551. The third kappa shape index (κ3) is 2.45. The van der Waals surface area contributed by atoms with Crippen LogP contribution < -0.4 is 5.32 Å². The van der Waals surface area contributed by atoms with Crippen molar-refractivity contribution in [3.8, 4) is 5.75 Å². The molecule has 0 bridgehead atoms. The molecule has 0 aliphatic rings. The van der Waals surface area contributed by atoms with Crippen LogP contribution in [0, 0.1) is 0 Å². The Morgan fingerprint density at radius 3 is 3.07 bits per heavy atom. The number of rotatable bonds is 3. The molecule has 0 aliphatic heterocycles. The number of anilines is 1. The van der Waals surface area contributed by atoms with E-state index in [0.29, 0.717) is 11.0 Å². The van der Waals surface area contributed by atoms with Gasteiger partial charge in [0.25, 0.3) is 0 Å². The first-order valence-corrected chi connectivity index (χ1v) is 5.81. The standard InChI is InChI=1S/C9H8BrN3OS/c10-7-3-1-2-6(9(7)14)4-11-8-5-12-13-15-8/h1-3,5,11,14H,4H2. The first-order valence-electron chi connectivity index (χ1n) is 4.25. The molecule has 0 atom stereocenters. The van der Waals surface area contributed by atoms with E-state index < -0.39 is 0 Å². The van der Waals surface area contributed by atoms with E-state index >= 15 is 0 Å². The number of aromatic hydroxyl groups is 1. The summed E-state index contributed by atoms with van der Waals surface area (Å²) in [6.07, 6.45) is 1.65. The number of nitrogens with one attached hydrogen (secondary N) is 1. The number of hydrogen-bond donors (Lipinski definition) is 2. The highest BCUT2D eigenvalue weighted by Gasteiger charge is 2.04. The summed E-state index contributed by atoms with van der Waals surface area (Å²) in [4.78, 5) is 0. The second kappa shape index (κ2) is 4.59. The average Bonchev–Trinajstić information content (AvgIpc) is 2.73. The fraction of sp³-hybridized carbons (Fsp3) is 0.111. The molecule has 0 unspecified atom stereocenters. The number of benzene rings is 1. The quantitative estimate of drug-likeness (QED) is 0.910. The topological polar surface area (TPSA) is 58.0 Å². The molecule has 2 N–H and O–H groups in total. The van der Waals surface area contributed by atoms with E-state index in [1.54, 1.807) is 12.3 Å².